The summed E-state index contributed by atoms with van der Waals surface area (Å²) in [6, 6.07) is 10.1. The van der Waals surface area contributed by atoms with E-state index in [9.17, 15) is 8.42 Å². The number of nitrogens with zero attached hydrogens (tertiary/aromatic N) is 4. The molecule has 8 heteroatoms. The van der Waals surface area contributed by atoms with Crippen LogP contribution in [0.5, 0.6) is 0 Å². The first-order valence-corrected chi connectivity index (χ1v) is 11.6. The van der Waals surface area contributed by atoms with Crippen LogP contribution in [0.15, 0.2) is 30.3 Å². The molecule has 2 saturated heterocycles. The highest BCUT2D eigenvalue weighted by Crippen LogP contribution is 2.26. The minimum absolute atomic E-state index is 0.198. The van der Waals surface area contributed by atoms with Crippen molar-refractivity contribution in [2.24, 2.45) is 0 Å². The van der Waals surface area contributed by atoms with Crippen LogP contribution >= 0.6 is 11.6 Å². The van der Waals surface area contributed by atoms with Crippen LogP contribution in [0.25, 0.3) is 5.69 Å². The second kappa shape index (κ2) is 7.54. The van der Waals surface area contributed by atoms with Gasteiger partial charge in [0, 0.05) is 44.3 Å². The predicted octanol–water partition coefficient (Wildman–Crippen LogP) is 2.14. The molecule has 3 heterocycles. The Bertz CT molecular complexity index is 905. The van der Waals surface area contributed by atoms with Gasteiger partial charge in [0.2, 0.25) is 0 Å². The van der Waals surface area contributed by atoms with Gasteiger partial charge in [-0.05, 0) is 25.5 Å². The number of halogens is 1. The van der Waals surface area contributed by atoms with Crippen LogP contribution in [-0.2, 0) is 16.4 Å². The van der Waals surface area contributed by atoms with E-state index in [1.807, 2.05) is 37.3 Å². The molecule has 27 heavy (non-hydrogen) atoms. The lowest BCUT2D eigenvalue weighted by atomic mass is 10.1. The first-order chi connectivity index (χ1) is 12.9. The molecule has 1 aromatic heterocycles. The summed E-state index contributed by atoms with van der Waals surface area (Å²) >= 11 is 6.64. The summed E-state index contributed by atoms with van der Waals surface area (Å²) in [5, 5.41) is 5.29. The predicted molar refractivity (Wildman–Crippen MR) is 107 cm³/mol. The smallest absolute Gasteiger partial charge is 0.151 e. The fraction of sp³-hybridized carbons (Fsp3) is 0.526. The lowest BCUT2D eigenvalue weighted by Gasteiger charge is -2.37. The van der Waals surface area contributed by atoms with Crippen LogP contribution in [0.2, 0.25) is 5.15 Å². The third kappa shape index (κ3) is 4.06. The molecule has 4 rings (SSSR count). The van der Waals surface area contributed by atoms with E-state index >= 15 is 0 Å². The average molecular weight is 409 g/mol. The zero-order valence-corrected chi connectivity index (χ0v) is 17.1. The Labute approximate surface area is 165 Å². The summed E-state index contributed by atoms with van der Waals surface area (Å²) in [6.45, 7) is 6.42. The zero-order valence-electron chi connectivity index (χ0n) is 15.5. The summed E-state index contributed by atoms with van der Waals surface area (Å²) in [6.07, 6.45) is 0.775. The molecule has 0 aliphatic carbocycles. The Hall–Kier alpha value is -1.41. The maximum Gasteiger partial charge on any atom is 0.151 e. The SMILES string of the molecule is Cc1nn(-c2ccccc2)c(Cl)c1CN1CCN([C@@H]2CCS(=O)(=O)C2)CC1. The van der Waals surface area contributed by atoms with Crippen molar-refractivity contribution in [1.29, 1.82) is 0 Å². The second-order valence-electron chi connectivity index (χ2n) is 7.47. The number of aryl methyl sites for hydroxylation is 1. The van der Waals surface area contributed by atoms with Crippen molar-refractivity contribution in [3.8, 4) is 5.69 Å². The molecule has 0 unspecified atom stereocenters. The number of sulfone groups is 1. The van der Waals surface area contributed by atoms with Gasteiger partial charge >= 0.3 is 0 Å². The third-order valence-corrected chi connectivity index (χ3v) is 7.77. The topological polar surface area (TPSA) is 58.4 Å². The quantitative estimate of drug-likeness (QED) is 0.775. The van der Waals surface area contributed by atoms with E-state index in [1.54, 1.807) is 4.68 Å². The molecule has 0 spiro atoms. The van der Waals surface area contributed by atoms with Gasteiger partial charge in [-0.1, -0.05) is 29.8 Å². The Morgan fingerprint density at radius 1 is 1.15 bits per heavy atom. The first-order valence-electron chi connectivity index (χ1n) is 9.39. The number of hydrogen-bond acceptors (Lipinski definition) is 5. The Morgan fingerprint density at radius 2 is 1.85 bits per heavy atom. The molecule has 6 nitrogen and oxygen atoms in total. The van der Waals surface area contributed by atoms with E-state index in [0.717, 1.165) is 56.1 Å². The zero-order chi connectivity index (χ0) is 19.0. The van der Waals surface area contributed by atoms with Crippen LogP contribution in [0.1, 0.15) is 17.7 Å². The van der Waals surface area contributed by atoms with Crippen molar-refractivity contribution >= 4 is 21.4 Å². The maximum absolute atomic E-state index is 11.7. The molecule has 2 aromatic rings. The lowest BCUT2D eigenvalue weighted by Crippen LogP contribution is -2.50. The van der Waals surface area contributed by atoms with E-state index in [4.69, 9.17) is 11.6 Å². The standard InChI is InChI=1S/C19H25ClN4O2S/c1-15-18(19(20)24(21-15)16-5-3-2-4-6-16)13-22-8-10-23(11-9-22)17-7-12-27(25,26)14-17/h2-6,17H,7-14H2,1H3/t17-/m1/s1. The Balaban J connectivity index is 1.40. The van der Waals surface area contributed by atoms with Gasteiger partial charge in [-0.15, -0.1) is 0 Å². The van der Waals surface area contributed by atoms with Crippen molar-refractivity contribution in [3.05, 3.63) is 46.7 Å². The second-order valence-corrected chi connectivity index (χ2v) is 10.1. The summed E-state index contributed by atoms with van der Waals surface area (Å²) in [5.41, 5.74) is 2.98. The molecule has 0 bridgehead atoms. The van der Waals surface area contributed by atoms with E-state index in [2.05, 4.69) is 14.9 Å². The Morgan fingerprint density at radius 3 is 2.48 bits per heavy atom. The number of aromatic nitrogens is 2. The summed E-state index contributed by atoms with van der Waals surface area (Å²) in [4.78, 5) is 4.72. The number of para-hydroxylation sites is 1. The summed E-state index contributed by atoms with van der Waals surface area (Å²) in [5.74, 6) is 0.660. The third-order valence-electron chi connectivity index (χ3n) is 5.64. The molecule has 0 N–H and O–H groups in total. The van der Waals surface area contributed by atoms with Gasteiger partial charge < -0.3 is 0 Å². The lowest BCUT2D eigenvalue weighted by molar-refractivity contribution is 0.0999. The van der Waals surface area contributed by atoms with Crippen molar-refractivity contribution < 1.29 is 8.42 Å². The highest BCUT2D eigenvalue weighted by atomic mass is 35.5. The van der Waals surface area contributed by atoms with Crippen LogP contribution < -0.4 is 0 Å². The van der Waals surface area contributed by atoms with Crippen LogP contribution in [0.4, 0.5) is 0 Å². The van der Waals surface area contributed by atoms with Crippen molar-refractivity contribution in [2.75, 3.05) is 37.7 Å². The summed E-state index contributed by atoms with van der Waals surface area (Å²) in [7, 11) is -2.83. The Kier molecular flexibility index (Phi) is 5.29. The van der Waals surface area contributed by atoms with Gasteiger partial charge in [-0.3, -0.25) is 9.80 Å². The van der Waals surface area contributed by atoms with Crippen molar-refractivity contribution in [3.63, 3.8) is 0 Å². The van der Waals surface area contributed by atoms with E-state index in [-0.39, 0.29) is 6.04 Å². The molecule has 0 amide bonds. The average Bonchev–Trinajstić information content (AvgIpc) is 3.17. The number of benzene rings is 1. The van der Waals surface area contributed by atoms with Crippen LogP contribution in [0.3, 0.4) is 0 Å². The maximum atomic E-state index is 11.7. The molecule has 146 valence electrons. The van der Waals surface area contributed by atoms with Gasteiger partial charge in [0.15, 0.2) is 9.84 Å². The molecule has 0 radical (unpaired) electrons. The van der Waals surface area contributed by atoms with Gasteiger partial charge in [-0.25, -0.2) is 13.1 Å². The molecular weight excluding hydrogens is 384 g/mol. The van der Waals surface area contributed by atoms with Crippen LogP contribution in [-0.4, -0.2) is 71.7 Å². The van der Waals surface area contributed by atoms with Crippen molar-refractivity contribution in [1.82, 2.24) is 19.6 Å². The highest BCUT2D eigenvalue weighted by molar-refractivity contribution is 7.91. The minimum Gasteiger partial charge on any atom is -0.297 e. The summed E-state index contributed by atoms with van der Waals surface area (Å²) < 4.78 is 25.2. The monoisotopic (exact) mass is 408 g/mol. The van der Waals surface area contributed by atoms with E-state index in [0.29, 0.717) is 16.7 Å². The van der Waals surface area contributed by atoms with Gasteiger partial charge in [0.05, 0.1) is 22.9 Å². The van der Waals surface area contributed by atoms with Gasteiger partial charge in [0.25, 0.3) is 0 Å². The number of hydrogen-bond donors (Lipinski definition) is 0. The molecule has 1 atom stereocenters. The molecule has 0 saturated carbocycles. The fourth-order valence-corrected chi connectivity index (χ4v) is 6.12. The normalized spacial score (nSPS) is 23.7. The molecule has 2 aliphatic heterocycles. The fourth-order valence-electron chi connectivity index (χ4n) is 4.02. The first kappa shape index (κ1) is 18.9. The van der Waals surface area contributed by atoms with E-state index in [1.165, 1.54) is 0 Å². The number of rotatable bonds is 4. The van der Waals surface area contributed by atoms with Crippen LogP contribution in [0, 0.1) is 6.92 Å². The minimum atomic E-state index is -2.83. The molecular formula is C19H25ClN4O2S. The largest absolute Gasteiger partial charge is 0.297 e. The van der Waals surface area contributed by atoms with Gasteiger partial charge in [0.1, 0.15) is 5.15 Å². The van der Waals surface area contributed by atoms with Crippen molar-refractivity contribution in [2.45, 2.75) is 25.9 Å². The highest BCUT2D eigenvalue weighted by Gasteiger charge is 2.33. The molecule has 2 fully saturated rings. The number of piperazine rings is 1. The van der Waals surface area contributed by atoms with E-state index < -0.39 is 9.84 Å². The molecule has 2 aliphatic rings. The molecule has 1 aromatic carbocycles. The van der Waals surface area contributed by atoms with Gasteiger partial charge in [-0.2, -0.15) is 5.10 Å².